The minimum atomic E-state index is -0.724. The SMILES string of the molecule is CCOc1ccccc1C(=O)CCc1coc(C2=CCC(OC)(OCCC3CCCC3)C=C2)n1. The van der Waals surface area contributed by atoms with Crippen LogP contribution in [0.5, 0.6) is 5.75 Å². The number of carbonyl (C=O) groups is 1. The fraction of sp³-hybridized carbons (Fsp3) is 0.500. The van der Waals surface area contributed by atoms with Crippen LogP contribution in [0, 0.1) is 5.92 Å². The van der Waals surface area contributed by atoms with Gasteiger partial charge in [-0.05, 0) is 43.5 Å². The van der Waals surface area contributed by atoms with Crippen molar-refractivity contribution in [3.63, 3.8) is 0 Å². The molecular formula is C28H35NO5. The molecule has 0 saturated heterocycles. The van der Waals surface area contributed by atoms with Gasteiger partial charge >= 0.3 is 0 Å². The molecule has 1 saturated carbocycles. The third kappa shape index (κ3) is 6.05. The molecule has 2 aliphatic carbocycles. The number of oxazole rings is 1. The van der Waals surface area contributed by atoms with Gasteiger partial charge in [-0.15, -0.1) is 0 Å². The Morgan fingerprint density at radius 2 is 2.06 bits per heavy atom. The summed E-state index contributed by atoms with van der Waals surface area (Å²) in [5.74, 6) is 1.27. The van der Waals surface area contributed by atoms with E-state index in [0.717, 1.165) is 23.6 Å². The number of para-hydroxylation sites is 1. The second-order valence-corrected chi connectivity index (χ2v) is 9.00. The highest BCUT2D eigenvalue weighted by molar-refractivity contribution is 5.98. The number of nitrogens with zero attached hydrogens (tertiary/aromatic N) is 1. The predicted molar refractivity (Wildman–Crippen MR) is 131 cm³/mol. The Labute approximate surface area is 202 Å². The number of allylic oxidation sites excluding steroid dienone is 2. The molecule has 182 valence electrons. The Morgan fingerprint density at radius 3 is 2.79 bits per heavy atom. The first-order chi connectivity index (χ1) is 16.6. The number of aryl methyl sites for hydroxylation is 1. The lowest BCUT2D eigenvalue weighted by Crippen LogP contribution is -2.34. The summed E-state index contributed by atoms with van der Waals surface area (Å²) in [5.41, 5.74) is 2.25. The predicted octanol–water partition coefficient (Wildman–Crippen LogP) is 6.17. The van der Waals surface area contributed by atoms with Gasteiger partial charge in [-0.1, -0.05) is 43.9 Å². The quantitative estimate of drug-likeness (QED) is 0.276. The fourth-order valence-corrected chi connectivity index (χ4v) is 4.69. The lowest BCUT2D eigenvalue weighted by Gasteiger charge is -2.31. The summed E-state index contributed by atoms with van der Waals surface area (Å²) >= 11 is 0. The van der Waals surface area contributed by atoms with E-state index in [2.05, 4.69) is 4.98 Å². The van der Waals surface area contributed by atoms with E-state index in [1.807, 2.05) is 43.4 Å². The Bertz CT molecular complexity index is 1020. The molecule has 0 aliphatic heterocycles. The van der Waals surface area contributed by atoms with Gasteiger partial charge in [0.05, 0.1) is 24.5 Å². The van der Waals surface area contributed by atoms with Gasteiger partial charge in [0.15, 0.2) is 11.6 Å². The molecule has 1 fully saturated rings. The summed E-state index contributed by atoms with van der Waals surface area (Å²) in [6, 6.07) is 7.35. The molecule has 0 amide bonds. The van der Waals surface area contributed by atoms with Crippen molar-refractivity contribution in [1.29, 1.82) is 0 Å². The van der Waals surface area contributed by atoms with Crippen molar-refractivity contribution in [2.45, 2.75) is 64.1 Å². The number of benzene rings is 1. The maximum Gasteiger partial charge on any atom is 0.225 e. The Kier molecular flexibility index (Phi) is 8.35. The molecule has 1 heterocycles. The largest absolute Gasteiger partial charge is 0.493 e. The van der Waals surface area contributed by atoms with E-state index >= 15 is 0 Å². The van der Waals surface area contributed by atoms with Crippen LogP contribution in [0.2, 0.25) is 0 Å². The van der Waals surface area contributed by atoms with Crippen molar-refractivity contribution >= 4 is 11.4 Å². The standard InChI is InChI=1S/C28H35NO5/c1-3-32-26-11-7-6-10-24(26)25(30)13-12-23-20-33-27(29-23)22-14-17-28(31-2,18-15-22)34-19-16-21-8-4-5-9-21/h6-7,10-11,14-15,17,20-21H,3-5,8-9,12-13,16,18-19H2,1-2H3. The molecule has 2 aromatic rings. The van der Waals surface area contributed by atoms with Crippen LogP contribution in [-0.2, 0) is 15.9 Å². The zero-order valence-corrected chi connectivity index (χ0v) is 20.3. The Morgan fingerprint density at radius 1 is 1.24 bits per heavy atom. The van der Waals surface area contributed by atoms with Gasteiger partial charge in [-0.2, -0.15) is 0 Å². The molecule has 2 aliphatic rings. The molecule has 0 spiro atoms. The average molecular weight is 466 g/mol. The minimum Gasteiger partial charge on any atom is -0.493 e. The normalized spacial score (nSPS) is 20.5. The molecule has 0 radical (unpaired) electrons. The number of ketones is 1. The number of Topliss-reactive ketones (excluding diaryl/α,β-unsaturated/α-hetero) is 1. The Balaban J connectivity index is 1.30. The summed E-state index contributed by atoms with van der Waals surface area (Å²) in [4.78, 5) is 17.3. The molecule has 1 aromatic carbocycles. The molecule has 1 atom stereocenters. The Hall–Kier alpha value is -2.70. The smallest absolute Gasteiger partial charge is 0.225 e. The van der Waals surface area contributed by atoms with Gasteiger partial charge in [0.1, 0.15) is 12.0 Å². The molecule has 1 aromatic heterocycles. The average Bonchev–Trinajstić information content (AvgIpc) is 3.56. The molecule has 6 heteroatoms. The first-order valence-electron chi connectivity index (χ1n) is 12.4. The number of carbonyl (C=O) groups excluding carboxylic acids is 1. The van der Waals surface area contributed by atoms with E-state index in [9.17, 15) is 4.79 Å². The van der Waals surface area contributed by atoms with Crippen LogP contribution in [0.4, 0.5) is 0 Å². The number of rotatable bonds is 12. The van der Waals surface area contributed by atoms with E-state index in [-0.39, 0.29) is 5.78 Å². The van der Waals surface area contributed by atoms with Crippen molar-refractivity contribution in [2.24, 2.45) is 5.92 Å². The van der Waals surface area contributed by atoms with Crippen LogP contribution in [0.25, 0.3) is 5.57 Å². The van der Waals surface area contributed by atoms with E-state index in [4.69, 9.17) is 18.6 Å². The molecule has 6 nitrogen and oxygen atoms in total. The summed E-state index contributed by atoms with van der Waals surface area (Å²) < 4.78 is 23.2. The van der Waals surface area contributed by atoms with E-state index < -0.39 is 5.79 Å². The maximum atomic E-state index is 12.7. The van der Waals surface area contributed by atoms with Gasteiger partial charge < -0.3 is 18.6 Å². The van der Waals surface area contributed by atoms with Crippen LogP contribution in [0.3, 0.4) is 0 Å². The van der Waals surface area contributed by atoms with Crippen molar-refractivity contribution < 1.29 is 23.4 Å². The molecule has 0 N–H and O–H groups in total. The second-order valence-electron chi connectivity index (χ2n) is 9.00. The van der Waals surface area contributed by atoms with Crippen LogP contribution < -0.4 is 4.74 Å². The van der Waals surface area contributed by atoms with Crippen LogP contribution in [-0.4, -0.2) is 36.9 Å². The summed E-state index contributed by atoms with van der Waals surface area (Å²) in [7, 11) is 1.68. The number of ether oxygens (including phenoxy) is 3. The highest BCUT2D eigenvalue weighted by Gasteiger charge is 2.30. The maximum absolute atomic E-state index is 12.7. The van der Waals surface area contributed by atoms with Crippen molar-refractivity contribution in [2.75, 3.05) is 20.3 Å². The van der Waals surface area contributed by atoms with Crippen molar-refractivity contribution in [1.82, 2.24) is 4.98 Å². The van der Waals surface area contributed by atoms with E-state index in [1.165, 1.54) is 25.7 Å². The number of methoxy groups -OCH3 is 1. The first kappa shape index (κ1) is 24.4. The minimum absolute atomic E-state index is 0.0324. The lowest BCUT2D eigenvalue weighted by molar-refractivity contribution is -0.187. The topological polar surface area (TPSA) is 70.8 Å². The first-order valence-corrected chi connectivity index (χ1v) is 12.4. The van der Waals surface area contributed by atoms with Crippen LogP contribution in [0.1, 0.15) is 73.8 Å². The molecule has 1 unspecified atom stereocenters. The number of hydrogen-bond donors (Lipinski definition) is 0. The van der Waals surface area contributed by atoms with Gasteiger partial charge in [-0.25, -0.2) is 4.98 Å². The molecule has 4 rings (SSSR count). The summed E-state index contributed by atoms with van der Waals surface area (Å²) in [6.45, 7) is 3.14. The van der Waals surface area contributed by atoms with Gasteiger partial charge in [0.25, 0.3) is 0 Å². The summed E-state index contributed by atoms with van der Waals surface area (Å²) in [6.07, 6.45) is 15.4. The van der Waals surface area contributed by atoms with Gasteiger partial charge in [0.2, 0.25) is 5.89 Å². The number of hydrogen-bond acceptors (Lipinski definition) is 6. The molecule has 34 heavy (non-hydrogen) atoms. The fourth-order valence-electron chi connectivity index (χ4n) is 4.69. The molecule has 0 bridgehead atoms. The van der Waals surface area contributed by atoms with Crippen molar-refractivity contribution in [3.05, 3.63) is 65.9 Å². The second kappa shape index (κ2) is 11.6. The van der Waals surface area contributed by atoms with Gasteiger partial charge in [0, 0.05) is 31.9 Å². The third-order valence-corrected chi connectivity index (χ3v) is 6.71. The zero-order chi connectivity index (χ0) is 23.8. The monoisotopic (exact) mass is 465 g/mol. The van der Waals surface area contributed by atoms with Crippen LogP contribution >= 0.6 is 0 Å². The molecular weight excluding hydrogens is 430 g/mol. The zero-order valence-electron chi connectivity index (χ0n) is 20.3. The van der Waals surface area contributed by atoms with E-state index in [0.29, 0.717) is 49.7 Å². The highest BCUT2D eigenvalue weighted by atomic mass is 16.7. The van der Waals surface area contributed by atoms with E-state index in [1.54, 1.807) is 19.4 Å². The lowest BCUT2D eigenvalue weighted by atomic mass is 10.0. The highest BCUT2D eigenvalue weighted by Crippen LogP contribution is 2.32. The van der Waals surface area contributed by atoms with Gasteiger partial charge in [-0.3, -0.25) is 4.79 Å². The third-order valence-electron chi connectivity index (χ3n) is 6.71. The number of aromatic nitrogens is 1. The van der Waals surface area contributed by atoms with Crippen LogP contribution in [0.15, 0.2) is 53.2 Å². The van der Waals surface area contributed by atoms with Crippen molar-refractivity contribution in [3.8, 4) is 5.75 Å². The summed E-state index contributed by atoms with van der Waals surface area (Å²) in [5, 5.41) is 0.